The van der Waals surface area contributed by atoms with E-state index < -0.39 is 0 Å². The standard InChI is InChI=1S/C14H25N5O/c1-5-7-11-17-12(16-8-6-2)9-13(18-11)19(4)10-14(20)15-3/h9H,5-8,10H2,1-4H3,(H,15,20)(H,16,17,18). The molecular weight excluding hydrogens is 254 g/mol. The van der Waals surface area contributed by atoms with Crippen LogP contribution in [0.4, 0.5) is 11.6 Å². The average molecular weight is 279 g/mol. The number of carbonyl (C=O) groups excluding carboxylic acids is 1. The molecule has 0 saturated heterocycles. The van der Waals surface area contributed by atoms with Gasteiger partial charge in [-0.2, -0.15) is 0 Å². The summed E-state index contributed by atoms with van der Waals surface area (Å²) in [6.45, 7) is 5.37. The van der Waals surface area contributed by atoms with Crippen LogP contribution in [0.3, 0.4) is 0 Å². The van der Waals surface area contributed by atoms with E-state index in [1.54, 1.807) is 7.05 Å². The number of likely N-dealkylation sites (N-methyl/N-ethyl adjacent to an activating group) is 2. The van der Waals surface area contributed by atoms with E-state index in [4.69, 9.17) is 0 Å². The highest BCUT2D eigenvalue weighted by atomic mass is 16.1. The maximum Gasteiger partial charge on any atom is 0.239 e. The fourth-order valence-electron chi connectivity index (χ4n) is 1.73. The zero-order valence-electron chi connectivity index (χ0n) is 12.9. The summed E-state index contributed by atoms with van der Waals surface area (Å²) < 4.78 is 0. The molecule has 0 radical (unpaired) electrons. The molecule has 0 fully saturated rings. The molecule has 0 aliphatic rings. The van der Waals surface area contributed by atoms with E-state index >= 15 is 0 Å². The van der Waals surface area contributed by atoms with Crippen molar-refractivity contribution in [1.29, 1.82) is 0 Å². The second-order valence-corrected chi connectivity index (χ2v) is 4.73. The lowest BCUT2D eigenvalue weighted by Gasteiger charge is -2.19. The molecule has 1 rings (SSSR count). The van der Waals surface area contributed by atoms with Crippen LogP contribution in [-0.4, -0.2) is 43.1 Å². The maximum absolute atomic E-state index is 11.5. The van der Waals surface area contributed by atoms with Gasteiger partial charge in [-0.25, -0.2) is 9.97 Å². The Morgan fingerprint density at radius 1 is 1.30 bits per heavy atom. The highest BCUT2D eigenvalue weighted by Crippen LogP contribution is 2.15. The van der Waals surface area contributed by atoms with Gasteiger partial charge < -0.3 is 15.5 Å². The number of rotatable bonds is 8. The molecule has 0 atom stereocenters. The SMILES string of the molecule is CCCNc1cc(N(C)CC(=O)NC)nc(CCC)n1. The molecule has 2 N–H and O–H groups in total. The van der Waals surface area contributed by atoms with E-state index in [1.807, 2.05) is 18.0 Å². The number of hydrogen-bond acceptors (Lipinski definition) is 5. The van der Waals surface area contributed by atoms with Crippen LogP contribution in [0.5, 0.6) is 0 Å². The number of aromatic nitrogens is 2. The van der Waals surface area contributed by atoms with Crippen LogP contribution in [0.25, 0.3) is 0 Å². The van der Waals surface area contributed by atoms with Crippen molar-refractivity contribution in [2.24, 2.45) is 0 Å². The normalized spacial score (nSPS) is 10.2. The Morgan fingerprint density at radius 2 is 2.05 bits per heavy atom. The minimum Gasteiger partial charge on any atom is -0.370 e. The molecule has 6 heteroatoms. The van der Waals surface area contributed by atoms with Crippen LogP contribution in [0, 0.1) is 0 Å². The van der Waals surface area contributed by atoms with Crippen molar-refractivity contribution in [3.8, 4) is 0 Å². The second kappa shape index (κ2) is 8.35. The maximum atomic E-state index is 11.5. The van der Waals surface area contributed by atoms with Gasteiger partial charge in [0.05, 0.1) is 6.54 Å². The molecule has 1 heterocycles. The van der Waals surface area contributed by atoms with Crippen molar-refractivity contribution in [2.75, 3.05) is 37.4 Å². The highest BCUT2D eigenvalue weighted by molar-refractivity contribution is 5.80. The summed E-state index contributed by atoms with van der Waals surface area (Å²) in [7, 11) is 3.49. The van der Waals surface area contributed by atoms with Gasteiger partial charge in [-0.3, -0.25) is 4.79 Å². The van der Waals surface area contributed by atoms with E-state index in [-0.39, 0.29) is 12.5 Å². The van der Waals surface area contributed by atoms with Gasteiger partial charge in [0.15, 0.2) is 0 Å². The van der Waals surface area contributed by atoms with Crippen molar-refractivity contribution >= 4 is 17.5 Å². The summed E-state index contributed by atoms with van der Waals surface area (Å²) in [5, 5.41) is 5.89. The Kier molecular flexibility index (Phi) is 6.76. The van der Waals surface area contributed by atoms with Crippen LogP contribution in [-0.2, 0) is 11.2 Å². The number of amides is 1. The number of carbonyl (C=O) groups is 1. The quantitative estimate of drug-likeness (QED) is 0.753. The van der Waals surface area contributed by atoms with E-state index in [2.05, 4.69) is 34.4 Å². The molecule has 1 aromatic heterocycles. The highest BCUT2D eigenvalue weighted by Gasteiger charge is 2.10. The van der Waals surface area contributed by atoms with Crippen molar-refractivity contribution in [3.63, 3.8) is 0 Å². The van der Waals surface area contributed by atoms with E-state index in [1.165, 1.54) is 0 Å². The molecule has 6 nitrogen and oxygen atoms in total. The largest absolute Gasteiger partial charge is 0.370 e. The third kappa shape index (κ3) is 5.03. The van der Waals surface area contributed by atoms with Gasteiger partial charge in [-0.1, -0.05) is 13.8 Å². The molecule has 0 aliphatic heterocycles. The minimum absolute atomic E-state index is 0.0359. The number of nitrogens with zero attached hydrogens (tertiary/aromatic N) is 3. The predicted octanol–water partition coefficient (Wildman–Crippen LogP) is 1.43. The number of nitrogens with one attached hydrogen (secondary N) is 2. The zero-order chi connectivity index (χ0) is 15.0. The van der Waals surface area contributed by atoms with Crippen LogP contribution < -0.4 is 15.5 Å². The molecule has 20 heavy (non-hydrogen) atoms. The van der Waals surface area contributed by atoms with Gasteiger partial charge in [0, 0.05) is 33.1 Å². The first kappa shape index (κ1) is 16.2. The van der Waals surface area contributed by atoms with Crippen molar-refractivity contribution in [2.45, 2.75) is 33.1 Å². The molecule has 0 bridgehead atoms. The monoisotopic (exact) mass is 279 g/mol. The Labute approximate surface area is 121 Å². The molecular formula is C14H25N5O. The second-order valence-electron chi connectivity index (χ2n) is 4.73. The van der Waals surface area contributed by atoms with Crippen LogP contribution in [0.1, 0.15) is 32.5 Å². The molecule has 0 aliphatic carbocycles. The van der Waals surface area contributed by atoms with Crippen molar-refractivity contribution in [1.82, 2.24) is 15.3 Å². The lowest BCUT2D eigenvalue weighted by molar-refractivity contribution is -0.119. The van der Waals surface area contributed by atoms with Crippen molar-refractivity contribution in [3.05, 3.63) is 11.9 Å². The fraction of sp³-hybridized carbons (Fsp3) is 0.643. The molecule has 0 saturated carbocycles. The summed E-state index contributed by atoms with van der Waals surface area (Å²) in [4.78, 5) is 22.3. The molecule has 0 spiro atoms. The van der Waals surface area contributed by atoms with E-state index in [0.29, 0.717) is 0 Å². The summed E-state index contributed by atoms with van der Waals surface area (Å²) in [5.74, 6) is 2.37. The lowest BCUT2D eigenvalue weighted by Crippen LogP contribution is -2.33. The average Bonchev–Trinajstić information content (AvgIpc) is 2.45. The van der Waals surface area contributed by atoms with Gasteiger partial charge in [-0.15, -0.1) is 0 Å². The first-order valence-corrected chi connectivity index (χ1v) is 7.14. The Hall–Kier alpha value is -1.85. The first-order valence-electron chi connectivity index (χ1n) is 7.14. The van der Waals surface area contributed by atoms with Gasteiger partial charge in [-0.05, 0) is 12.8 Å². The Morgan fingerprint density at radius 3 is 2.65 bits per heavy atom. The molecule has 1 amide bonds. The predicted molar refractivity (Wildman–Crippen MR) is 82.1 cm³/mol. The number of hydrogen-bond donors (Lipinski definition) is 2. The summed E-state index contributed by atoms with van der Waals surface area (Å²) >= 11 is 0. The lowest BCUT2D eigenvalue weighted by atomic mass is 10.3. The summed E-state index contributed by atoms with van der Waals surface area (Å²) in [6, 6.07) is 1.89. The van der Waals surface area contributed by atoms with Gasteiger partial charge in [0.1, 0.15) is 17.5 Å². The minimum atomic E-state index is -0.0359. The molecule has 112 valence electrons. The van der Waals surface area contributed by atoms with Gasteiger partial charge in [0.2, 0.25) is 5.91 Å². The smallest absolute Gasteiger partial charge is 0.239 e. The Bertz CT molecular complexity index is 436. The van der Waals surface area contributed by atoms with E-state index in [0.717, 1.165) is 43.3 Å². The van der Waals surface area contributed by atoms with Gasteiger partial charge >= 0.3 is 0 Å². The number of anilines is 2. The first-order chi connectivity index (χ1) is 9.60. The van der Waals surface area contributed by atoms with E-state index in [9.17, 15) is 4.79 Å². The fourth-order valence-corrected chi connectivity index (χ4v) is 1.73. The molecule has 0 aromatic carbocycles. The Balaban J connectivity index is 2.91. The third-order valence-electron chi connectivity index (χ3n) is 2.84. The zero-order valence-corrected chi connectivity index (χ0v) is 12.9. The molecule has 0 unspecified atom stereocenters. The van der Waals surface area contributed by atoms with Crippen molar-refractivity contribution < 1.29 is 4.79 Å². The summed E-state index contributed by atoms with van der Waals surface area (Å²) in [6.07, 6.45) is 2.87. The third-order valence-corrected chi connectivity index (χ3v) is 2.84. The van der Waals surface area contributed by atoms with Crippen LogP contribution in [0.15, 0.2) is 6.07 Å². The van der Waals surface area contributed by atoms with Crippen LogP contribution in [0.2, 0.25) is 0 Å². The number of aryl methyl sites for hydroxylation is 1. The molecule has 1 aromatic rings. The summed E-state index contributed by atoms with van der Waals surface area (Å²) in [5.41, 5.74) is 0. The topological polar surface area (TPSA) is 70.2 Å². The van der Waals surface area contributed by atoms with Crippen LogP contribution >= 0.6 is 0 Å². The van der Waals surface area contributed by atoms with Gasteiger partial charge in [0.25, 0.3) is 0 Å².